The Balaban J connectivity index is 1.66. The Hall–Kier alpha value is -1.83. The molecule has 7 heteroatoms. The predicted molar refractivity (Wildman–Crippen MR) is 98.9 cm³/mol. The molecule has 2 unspecified atom stereocenters. The number of benzene rings is 1. The number of fused-ring (bicyclic) bond motifs is 1. The minimum atomic E-state index is 0.0882. The zero-order chi connectivity index (χ0) is 17.9. The Labute approximate surface area is 154 Å². The summed E-state index contributed by atoms with van der Waals surface area (Å²) in [6.45, 7) is 7.91. The lowest BCUT2D eigenvalue weighted by atomic mass is 10.0. The van der Waals surface area contributed by atoms with Crippen molar-refractivity contribution in [2.45, 2.75) is 38.4 Å². The molecule has 2 saturated heterocycles. The maximum atomic E-state index is 5.24. The molecule has 0 N–H and O–H groups in total. The van der Waals surface area contributed by atoms with Crippen LogP contribution < -0.4 is 0 Å². The quantitative estimate of drug-likeness (QED) is 0.782. The molecule has 7 nitrogen and oxygen atoms in total. The van der Waals surface area contributed by atoms with Gasteiger partial charge >= 0.3 is 0 Å². The van der Waals surface area contributed by atoms with E-state index < -0.39 is 0 Å². The molecule has 2 aliphatic rings. The Morgan fingerprint density at radius 2 is 2.04 bits per heavy atom. The summed E-state index contributed by atoms with van der Waals surface area (Å²) in [5.74, 6) is 0.914. The van der Waals surface area contributed by atoms with E-state index in [4.69, 9.17) is 4.74 Å². The minimum Gasteiger partial charge on any atom is -0.383 e. The molecule has 26 heavy (non-hydrogen) atoms. The minimum absolute atomic E-state index is 0.0882. The molecule has 0 amide bonds. The first-order valence-electron chi connectivity index (χ1n) is 9.56. The topological polar surface area (TPSA) is 59.3 Å². The van der Waals surface area contributed by atoms with Gasteiger partial charge < -0.3 is 4.74 Å². The van der Waals surface area contributed by atoms with Gasteiger partial charge in [-0.05, 0) is 42.3 Å². The summed E-state index contributed by atoms with van der Waals surface area (Å²) in [5.41, 5.74) is 2.53. The largest absolute Gasteiger partial charge is 0.383 e. The second-order valence-electron chi connectivity index (χ2n) is 7.39. The van der Waals surface area contributed by atoms with Crippen LogP contribution in [0, 0.1) is 6.92 Å². The van der Waals surface area contributed by atoms with Crippen molar-refractivity contribution in [3.05, 3.63) is 41.2 Å². The van der Waals surface area contributed by atoms with Crippen LogP contribution in [0.25, 0.3) is 0 Å². The van der Waals surface area contributed by atoms with E-state index in [-0.39, 0.29) is 6.04 Å². The molecule has 0 saturated carbocycles. The summed E-state index contributed by atoms with van der Waals surface area (Å²) in [6.07, 6.45) is 2.62. The number of rotatable bonds is 6. The number of piperazine rings is 1. The van der Waals surface area contributed by atoms with E-state index in [2.05, 4.69) is 56.5 Å². The number of aryl methyl sites for hydroxylation is 1. The normalized spacial score (nSPS) is 22.5. The van der Waals surface area contributed by atoms with Gasteiger partial charge in [0.25, 0.3) is 0 Å². The van der Waals surface area contributed by atoms with Crippen molar-refractivity contribution in [2.24, 2.45) is 0 Å². The van der Waals surface area contributed by atoms with Crippen molar-refractivity contribution in [1.29, 1.82) is 0 Å². The highest BCUT2D eigenvalue weighted by Gasteiger charge is 2.36. The molecule has 4 rings (SSSR count). The van der Waals surface area contributed by atoms with E-state index >= 15 is 0 Å². The third-order valence-corrected chi connectivity index (χ3v) is 5.69. The van der Waals surface area contributed by atoms with Crippen molar-refractivity contribution < 1.29 is 4.74 Å². The summed E-state index contributed by atoms with van der Waals surface area (Å²) in [4.78, 5) is 5.20. The van der Waals surface area contributed by atoms with Gasteiger partial charge in [-0.3, -0.25) is 9.80 Å². The molecule has 140 valence electrons. The SMILES string of the molecule is COCCn1nnnc1C(c1ccc(C)cc1)N1CCN2CCCC2C1. The molecular formula is C19H28N6O. The zero-order valence-electron chi connectivity index (χ0n) is 15.7. The van der Waals surface area contributed by atoms with Crippen molar-refractivity contribution in [3.63, 3.8) is 0 Å². The van der Waals surface area contributed by atoms with Gasteiger partial charge in [0.05, 0.1) is 19.2 Å². The predicted octanol–water partition coefficient (Wildman–Crippen LogP) is 1.50. The average molecular weight is 356 g/mol. The van der Waals surface area contributed by atoms with Crippen LogP contribution in [0.2, 0.25) is 0 Å². The maximum absolute atomic E-state index is 5.24. The lowest BCUT2D eigenvalue weighted by Crippen LogP contribution is -2.51. The van der Waals surface area contributed by atoms with Crippen molar-refractivity contribution in [3.8, 4) is 0 Å². The van der Waals surface area contributed by atoms with E-state index in [0.29, 0.717) is 19.2 Å². The van der Waals surface area contributed by atoms with Crippen LogP contribution in [0.4, 0.5) is 0 Å². The molecule has 3 heterocycles. The van der Waals surface area contributed by atoms with E-state index in [9.17, 15) is 0 Å². The highest BCUT2D eigenvalue weighted by molar-refractivity contribution is 5.28. The second-order valence-corrected chi connectivity index (χ2v) is 7.39. The first-order chi connectivity index (χ1) is 12.8. The second kappa shape index (κ2) is 7.82. The average Bonchev–Trinajstić information content (AvgIpc) is 3.31. The monoisotopic (exact) mass is 356 g/mol. The van der Waals surface area contributed by atoms with Crippen molar-refractivity contribution in [1.82, 2.24) is 30.0 Å². The molecule has 2 fully saturated rings. The fourth-order valence-electron chi connectivity index (χ4n) is 4.27. The van der Waals surface area contributed by atoms with Gasteiger partial charge in [-0.1, -0.05) is 29.8 Å². The molecule has 0 radical (unpaired) electrons. The summed E-state index contributed by atoms with van der Waals surface area (Å²) >= 11 is 0. The number of hydrogen-bond acceptors (Lipinski definition) is 6. The van der Waals surface area contributed by atoms with Gasteiger partial charge in [0.1, 0.15) is 0 Å². The Morgan fingerprint density at radius 3 is 2.85 bits per heavy atom. The van der Waals surface area contributed by atoms with Crippen molar-refractivity contribution >= 4 is 0 Å². The van der Waals surface area contributed by atoms with Gasteiger partial charge in [0, 0.05) is 32.8 Å². The molecule has 2 atom stereocenters. The lowest BCUT2D eigenvalue weighted by molar-refractivity contribution is 0.0784. The highest BCUT2D eigenvalue weighted by Crippen LogP contribution is 2.32. The Morgan fingerprint density at radius 1 is 1.19 bits per heavy atom. The Bertz CT molecular complexity index is 715. The standard InChI is InChI=1S/C19H28N6O/c1-15-5-7-16(8-6-15)18(19-20-21-22-25(19)12-13-26-2)24-11-10-23-9-3-4-17(23)14-24/h5-8,17-18H,3-4,9-14H2,1-2H3. The molecule has 2 aliphatic heterocycles. The lowest BCUT2D eigenvalue weighted by Gasteiger charge is -2.41. The molecule has 0 spiro atoms. The van der Waals surface area contributed by atoms with Gasteiger partial charge in [0.2, 0.25) is 0 Å². The van der Waals surface area contributed by atoms with Crippen LogP contribution in [-0.4, -0.2) is 75.9 Å². The highest BCUT2D eigenvalue weighted by atomic mass is 16.5. The zero-order valence-corrected chi connectivity index (χ0v) is 15.7. The van der Waals surface area contributed by atoms with E-state index in [0.717, 1.165) is 25.5 Å². The summed E-state index contributed by atoms with van der Waals surface area (Å²) < 4.78 is 7.13. The van der Waals surface area contributed by atoms with Crippen LogP contribution in [0.15, 0.2) is 24.3 Å². The smallest absolute Gasteiger partial charge is 0.173 e. The molecule has 0 bridgehead atoms. The Kier molecular flexibility index (Phi) is 5.28. The van der Waals surface area contributed by atoms with Crippen LogP contribution in [0.3, 0.4) is 0 Å². The van der Waals surface area contributed by atoms with E-state index in [1.807, 2.05) is 4.68 Å². The van der Waals surface area contributed by atoms with Gasteiger partial charge in [-0.15, -0.1) is 5.10 Å². The first-order valence-corrected chi connectivity index (χ1v) is 9.56. The fourth-order valence-corrected chi connectivity index (χ4v) is 4.27. The van der Waals surface area contributed by atoms with Gasteiger partial charge in [0.15, 0.2) is 5.82 Å². The van der Waals surface area contributed by atoms with Crippen LogP contribution >= 0.6 is 0 Å². The van der Waals surface area contributed by atoms with Crippen LogP contribution in [0.1, 0.15) is 35.8 Å². The maximum Gasteiger partial charge on any atom is 0.173 e. The van der Waals surface area contributed by atoms with Crippen molar-refractivity contribution in [2.75, 3.05) is 39.9 Å². The molecule has 1 aromatic heterocycles. The van der Waals surface area contributed by atoms with E-state index in [1.165, 1.54) is 30.5 Å². The number of tetrazole rings is 1. The van der Waals surface area contributed by atoms with Crippen LogP contribution in [0.5, 0.6) is 0 Å². The van der Waals surface area contributed by atoms with Gasteiger partial charge in [-0.25, -0.2) is 4.68 Å². The summed E-state index contributed by atoms with van der Waals surface area (Å²) in [6, 6.07) is 9.55. The number of aromatic nitrogens is 4. The van der Waals surface area contributed by atoms with Crippen LogP contribution in [-0.2, 0) is 11.3 Å². The first kappa shape index (κ1) is 17.6. The summed E-state index contributed by atoms with van der Waals surface area (Å²) in [5, 5.41) is 12.6. The number of methoxy groups -OCH3 is 1. The fraction of sp³-hybridized carbons (Fsp3) is 0.632. The molecule has 2 aromatic rings. The molecule has 1 aromatic carbocycles. The molecular weight excluding hydrogens is 328 g/mol. The van der Waals surface area contributed by atoms with Gasteiger partial charge in [-0.2, -0.15) is 0 Å². The summed E-state index contributed by atoms with van der Waals surface area (Å²) in [7, 11) is 1.71. The number of ether oxygens (including phenoxy) is 1. The third-order valence-electron chi connectivity index (χ3n) is 5.69. The third kappa shape index (κ3) is 3.51. The number of hydrogen-bond donors (Lipinski definition) is 0. The molecule has 0 aliphatic carbocycles. The number of nitrogens with zero attached hydrogens (tertiary/aromatic N) is 6. The van der Waals surface area contributed by atoms with E-state index in [1.54, 1.807) is 7.11 Å².